The zero-order valence-corrected chi connectivity index (χ0v) is 14.1. The smallest absolute Gasteiger partial charge is 0.254 e. The topological polar surface area (TPSA) is 52.2 Å². The van der Waals surface area contributed by atoms with Crippen molar-refractivity contribution >= 4 is 5.91 Å². The van der Waals surface area contributed by atoms with Crippen molar-refractivity contribution in [3.8, 4) is 0 Å². The molecule has 0 aliphatic carbocycles. The van der Waals surface area contributed by atoms with Crippen molar-refractivity contribution in [3.63, 3.8) is 0 Å². The molecule has 0 saturated carbocycles. The van der Waals surface area contributed by atoms with Gasteiger partial charge in [-0.25, -0.2) is 9.37 Å². The van der Waals surface area contributed by atoms with Gasteiger partial charge in [-0.3, -0.25) is 4.79 Å². The summed E-state index contributed by atoms with van der Waals surface area (Å²) >= 11 is 0. The highest BCUT2D eigenvalue weighted by Crippen LogP contribution is 2.14. The Morgan fingerprint density at radius 2 is 1.96 bits per heavy atom. The van der Waals surface area contributed by atoms with Crippen molar-refractivity contribution in [2.75, 3.05) is 27.2 Å². The molecule has 2 aromatic rings. The van der Waals surface area contributed by atoms with Gasteiger partial charge in [-0.05, 0) is 51.7 Å². The van der Waals surface area contributed by atoms with Crippen LogP contribution in [0.5, 0.6) is 0 Å². The maximum absolute atomic E-state index is 13.6. The van der Waals surface area contributed by atoms with Crippen molar-refractivity contribution in [1.82, 2.24) is 19.8 Å². The van der Waals surface area contributed by atoms with Gasteiger partial charge < -0.3 is 14.8 Å². The lowest BCUT2D eigenvalue weighted by Crippen LogP contribution is -2.36. The Hall–Kier alpha value is -2.21. The molecule has 0 radical (unpaired) electrons. The standard InChI is InChI=1S/C17H23FN4O/c1-12-7-14(9-15(18)8-12)17(23)22(6-5-21(3)4)10-16-13(2)19-11-20-16/h7-9,11H,5-6,10H2,1-4H3,(H,19,20). The van der Waals surface area contributed by atoms with E-state index in [-0.39, 0.29) is 5.91 Å². The van der Waals surface area contributed by atoms with Crippen molar-refractivity contribution in [2.45, 2.75) is 20.4 Å². The van der Waals surface area contributed by atoms with E-state index in [9.17, 15) is 9.18 Å². The van der Waals surface area contributed by atoms with Crippen LogP contribution in [0.1, 0.15) is 27.3 Å². The second kappa shape index (κ2) is 7.37. The summed E-state index contributed by atoms with van der Waals surface area (Å²) < 4.78 is 13.6. The number of nitrogens with zero attached hydrogens (tertiary/aromatic N) is 3. The van der Waals surface area contributed by atoms with Gasteiger partial charge in [0.2, 0.25) is 0 Å². The maximum Gasteiger partial charge on any atom is 0.254 e. The molecule has 2 rings (SSSR count). The predicted molar refractivity (Wildman–Crippen MR) is 87.8 cm³/mol. The molecule has 0 bridgehead atoms. The molecule has 0 aliphatic rings. The lowest BCUT2D eigenvalue weighted by Gasteiger charge is -2.24. The van der Waals surface area contributed by atoms with Crippen LogP contribution in [0, 0.1) is 19.7 Å². The molecule has 1 heterocycles. The molecule has 6 heteroatoms. The molecular formula is C17H23FN4O. The molecule has 0 fully saturated rings. The molecule has 124 valence electrons. The van der Waals surface area contributed by atoms with Crippen LogP contribution in [-0.4, -0.2) is 52.9 Å². The molecule has 0 aliphatic heterocycles. The van der Waals surface area contributed by atoms with Gasteiger partial charge in [-0.2, -0.15) is 0 Å². The largest absolute Gasteiger partial charge is 0.348 e. The molecule has 1 N–H and O–H groups in total. The Bertz CT molecular complexity index is 661. The summed E-state index contributed by atoms with van der Waals surface area (Å²) in [6.45, 7) is 5.37. The van der Waals surface area contributed by atoms with E-state index in [4.69, 9.17) is 0 Å². The zero-order chi connectivity index (χ0) is 17.0. The number of nitrogens with one attached hydrogen (secondary N) is 1. The van der Waals surface area contributed by atoms with Crippen molar-refractivity contribution in [1.29, 1.82) is 0 Å². The van der Waals surface area contributed by atoms with E-state index in [1.807, 2.05) is 25.9 Å². The fourth-order valence-electron chi connectivity index (χ4n) is 2.34. The monoisotopic (exact) mass is 318 g/mol. The molecule has 0 spiro atoms. The molecule has 0 atom stereocenters. The number of imidazole rings is 1. The average Bonchev–Trinajstić information content (AvgIpc) is 2.86. The number of benzene rings is 1. The molecular weight excluding hydrogens is 295 g/mol. The first-order valence-electron chi connectivity index (χ1n) is 7.57. The van der Waals surface area contributed by atoms with E-state index in [1.54, 1.807) is 24.2 Å². The normalized spacial score (nSPS) is 11.0. The molecule has 0 saturated heterocycles. The SMILES string of the molecule is Cc1cc(F)cc(C(=O)N(CCN(C)C)Cc2nc[nH]c2C)c1. The Morgan fingerprint density at radius 1 is 1.22 bits per heavy atom. The number of amides is 1. The lowest BCUT2D eigenvalue weighted by molar-refractivity contribution is 0.0729. The summed E-state index contributed by atoms with van der Waals surface area (Å²) in [6, 6.07) is 4.42. The zero-order valence-electron chi connectivity index (χ0n) is 14.1. The summed E-state index contributed by atoms with van der Waals surface area (Å²) in [5.41, 5.74) is 2.86. The average molecular weight is 318 g/mol. The highest BCUT2D eigenvalue weighted by Gasteiger charge is 2.19. The van der Waals surface area contributed by atoms with Gasteiger partial charge in [0.15, 0.2) is 0 Å². The lowest BCUT2D eigenvalue weighted by atomic mass is 10.1. The third-order valence-corrected chi connectivity index (χ3v) is 3.67. The molecule has 1 aromatic heterocycles. The van der Waals surface area contributed by atoms with Gasteiger partial charge in [-0.1, -0.05) is 0 Å². The molecule has 0 unspecified atom stereocenters. The van der Waals surface area contributed by atoms with Gasteiger partial charge in [0.05, 0.1) is 18.6 Å². The number of aromatic nitrogens is 2. The molecule has 23 heavy (non-hydrogen) atoms. The van der Waals surface area contributed by atoms with E-state index >= 15 is 0 Å². The third kappa shape index (κ3) is 4.63. The molecule has 1 amide bonds. The van der Waals surface area contributed by atoms with Crippen molar-refractivity contribution < 1.29 is 9.18 Å². The number of aromatic amines is 1. The maximum atomic E-state index is 13.6. The van der Waals surface area contributed by atoms with Gasteiger partial charge in [0.1, 0.15) is 5.82 Å². The first kappa shape index (κ1) is 17.1. The Balaban J connectivity index is 2.24. The van der Waals surface area contributed by atoms with E-state index in [1.165, 1.54) is 12.1 Å². The fraction of sp³-hybridized carbons (Fsp3) is 0.412. The number of hydrogen-bond donors (Lipinski definition) is 1. The minimum absolute atomic E-state index is 0.183. The number of rotatable bonds is 6. The second-order valence-electron chi connectivity index (χ2n) is 6.02. The van der Waals surface area contributed by atoms with Gasteiger partial charge in [0, 0.05) is 24.3 Å². The first-order chi connectivity index (χ1) is 10.9. The predicted octanol–water partition coefficient (Wildman–Crippen LogP) is 2.37. The minimum Gasteiger partial charge on any atom is -0.348 e. The van der Waals surface area contributed by atoms with E-state index in [0.717, 1.165) is 23.5 Å². The van der Waals surface area contributed by atoms with Crippen LogP contribution in [0.3, 0.4) is 0 Å². The van der Waals surface area contributed by atoms with Crippen LogP contribution in [0.15, 0.2) is 24.5 Å². The van der Waals surface area contributed by atoms with Crippen LogP contribution >= 0.6 is 0 Å². The van der Waals surface area contributed by atoms with Gasteiger partial charge >= 0.3 is 0 Å². The number of aryl methyl sites for hydroxylation is 2. The van der Waals surface area contributed by atoms with E-state index < -0.39 is 5.82 Å². The summed E-state index contributed by atoms with van der Waals surface area (Å²) in [7, 11) is 3.91. The van der Waals surface area contributed by atoms with Gasteiger partial charge in [-0.15, -0.1) is 0 Å². The number of likely N-dealkylation sites (N-methyl/N-ethyl adjacent to an activating group) is 1. The van der Waals surface area contributed by atoms with E-state index in [0.29, 0.717) is 18.7 Å². The quantitative estimate of drug-likeness (QED) is 0.889. The molecule has 1 aromatic carbocycles. The number of H-pyrrole nitrogens is 1. The van der Waals surface area contributed by atoms with Crippen LogP contribution in [-0.2, 0) is 6.54 Å². The summed E-state index contributed by atoms with van der Waals surface area (Å²) in [5, 5.41) is 0. The Kier molecular flexibility index (Phi) is 5.50. The minimum atomic E-state index is -0.392. The Morgan fingerprint density at radius 3 is 2.52 bits per heavy atom. The van der Waals surface area contributed by atoms with Crippen LogP contribution in [0.25, 0.3) is 0 Å². The summed E-state index contributed by atoms with van der Waals surface area (Å²) in [6.07, 6.45) is 1.62. The molecule has 5 nitrogen and oxygen atoms in total. The third-order valence-electron chi connectivity index (χ3n) is 3.67. The van der Waals surface area contributed by atoms with Crippen LogP contribution in [0.2, 0.25) is 0 Å². The number of carbonyl (C=O) groups is 1. The highest BCUT2D eigenvalue weighted by molar-refractivity contribution is 5.94. The number of halogens is 1. The van der Waals surface area contributed by atoms with Crippen molar-refractivity contribution in [2.24, 2.45) is 0 Å². The second-order valence-corrected chi connectivity index (χ2v) is 6.02. The van der Waals surface area contributed by atoms with Crippen LogP contribution in [0.4, 0.5) is 4.39 Å². The first-order valence-corrected chi connectivity index (χ1v) is 7.57. The Labute approximate surface area is 136 Å². The van der Waals surface area contributed by atoms with Crippen LogP contribution < -0.4 is 0 Å². The number of hydrogen-bond acceptors (Lipinski definition) is 3. The fourth-order valence-corrected chi connectivity index (χ4v) is 2.34. The van der Waals surface area contributed by atoms with E-state index in [2.05, 4.69) is 9.97 Å². The summed E-state index contributed by atoms with van der Waals surface area (Å²) in [5.74, 6) is -0.575. The highest BCUT2D eigenvalue weighted by atomic mass is 19.1. The number of carbonyl (C=O) groups excluding carboxylic acids is 1. The van der Waals surface area contributed by atoms with Gasteiger partial charge in [0.25, 0.3) is 5.91 Å². The summed E-state index contributed by atoms with van der Waals surface area (Å²) in [4.78, 5) is 23.8. The van der Waals surface area contributed by atoms with Crippen molar-refractivity contribution in [3.05, 3.63) is 52.9 Å².